The zero-order valence-corrected chi connectivity index (χ0v) is 18.8. The normalized spacial score (nSPS) is 15.0. The highest BCUT2D eigenvalue weighted by Crippen LogP contribution is 2.34. The molecule has 2 aromatic carbocycles. The Labute approximate surface area is 188 Å². The molecule has 1 aliphatic rings. The fourth-order valence-electron chi connectivity index (χ4n) is 4.92. The number of aromatic amines is 1. The minimum Gasteiger partial charge on any atom is -0.355 e. The van der Waals surface area contributed by atoms with Gasteiger partial charge in [0.05, 0.1) is 5.52 Å². The molecule has 5 rings (SSSR count). The highest BCUT2D eigenvalue weighted by molar-refractivity contribution is 5.97. The summed E-state index contributed by atoms with van der Waals surface area (Å²) in [5.41, 5.74) is 8.46. The van der Waals surface area contributed by atoms with E-state index in [4.69, 9.17) is 0 Å². The highest BCUT2D eigenvalue weighted by atomic mass is 15.0. The summed E-state index contributed by atoms with van der Waals surface area (Å²) in [4.78, 5) is 3.55. The second-order valence-corrected chi connectivity index (χ2v) is 8.28. The van der Waals surface area contributed by atoms with E-state index in [0.717, 1.165) is 23.7 Å². The van der Waals surface area contributed by atoms with Crippen LogP contribution in [0.25, 0.3) is 56.9 Å². The van der Waals surface area contributed by atoms with Gasteiger partial charge in [0.1, 0.15) is 0 Å². The molecule has 2 heteroatoms. The first-order valence-corrected chi connectivity index (χ1v) is 11.2. The first-order chi connectivity index (χ1) is 15.7. The van der Waals surface area contributed by atoms with E-state index in [1.54, 1.807) is 0 Å². The van der Waals surface area contributed by atoms with E-state index < -0.39 is 0 Å². The van der Waals surface area contributed by atoms with Crippen LogP contribution in [0.1, 0.15) is 31.0 Å². The molecule has 4 aromatic rings. The Balaban J connectivity index is 1.70. The van der Waals surface area contributed by atoms with Crippen LogP contribution in [0.15, 0.2) is 73.9 Å². The van der Waals surface area contributed by atoms with E-state index >= 15 is 0 Å². The molecule has 0 amide bonds. The van der Waals surface area contributed by atoms with Crippen LogP contribution in [-0.4, -0.2) is 9.55 Å². The third kappa shape index (κ3) is 3.11. The molecule has 0 aliphatic heterocycles. The molecule has 0 saturated heterocycles. The number of aromatic nitrogens is 2. The quantitative estimate of drug-likeness (QED) is 0.382. The Morgan fingerprint density at radius 3 is 2.53 bits per heavy atom. The summed E-state index contributed by atoms with van der Waals surface area (Å²) < 4.78 is 2.36. The van der Waals surface area contributed by atoms with E-state index in [2.05, 4.69) is 103 Å². The lowest BCUT2D eigenvalue weighted by molar-refractivity contribution is 0.996. The van der Waals surface area contributed by atoms with Gasteiger partial charge in [-0.3, -0.25) is 0 Å². The molecule has 0 saturated carbocycles. The van der Waals surface area contributed by atoms with Crippen molar-refractivity contribution in [2.75, 3.05) is 0 Å². The standard InChI is InChI=1S/C30H28N2/c1-5-11-25-26-16-14-22(19-29(26)31-28(25)7-3)21-15-17-30-27(18-21)24(6-2)20(4)32(30)23-12-9-8-10-13-23/h5-7,9,11-19,31H,1-2,8,10H2,3-4H3/b25-11-,28-7+. The van der Waals surface area contributed by atoms with Crippen LogP contribution < -0.4 is 10.6 Å². The summed E-state index contributed by atoms with van der Waals surface area (Å²) >= 11 is 0. The number of benzene rings is 2. The van der Waals surface area contributed by atoms with E-state index in [9.17, 15) is 0 Å². The van der Waals surface area contributed by atoms with Crippen LogP contribution in [-0.2, 0) is 0 Å². The number of fused-ring (bicyclic) bond motifs is 2. The molecule has 0 spiro atoms. The van der Waals surface area contributed by atoms with E-state index in [1.165, 1.54) is 49.6 Å². The van der Waals surface area contributed by atoms with Gasteiger partial charge in [0.25, 0.3) is 0 Å². The van der Waals surface area contributed by atoms with Crippen LogP contribution in [0.3, 0.4) is 0 Å². The van der Waals surface area contributed by atoms with Crippen LogP contribution in [0.2, 0.25) is 0 Å². The zero-order chi connectivity index (χ0) is 22.2. The summed E-state index contributed by atoms with van der Waals surface area (Å²) in [6.45, 7) is 12.2. The SMILES string of the molecule is C=C/C=c1\c(=C/C)[nH]c2cc(-c3ccc4c(c3)c(C=C)c(C)n4C3=CCCC=C3)ccc12. The van der Waals surface area contributed by atoms with Gasteiger partial charge in [-0.05, 0) is 62.1 Å². The van der Waals surface area contributed by atoms with Crippen LogP contribution in [0.5, 0.6) is 0 Å². The van der Waals surface area contributed by atoms with Gasteiger partial charge < -0.3 is 9.55 Å². The Hall–Kier alpha value is -3.78. The summed E-state index contributed by atoms with van der Waals surface area (Å²) in [6.07, 6.45) is 17.0. The van der Waals surface area contributed by atoms with Crippen molar-refractivity contribution in [3.8, 4) is 11.1 Å². The van der Waals surface area contributed by atoms with E-state index in [1.807, 2.05) is 12.2 Å². The number of H-pyrrole nitrogens is 1. The summed E-state index contributed by atoms with van der Waals surface area (Å²) in [5, 5.41) is 4.77. The minimum absolute atomic E-state index is 1.09. The maximum absolute atomic E-state index is 4.11. The molecule has 0 fully saturated rings. The van der Waals surface area contributed by atoms with Gasteiger partial charge in [0, 0.05) is 43.8 Å². The number of rotatable bonds is 4. The molecule has 0 atom stereocenters. The van der Waals surface area contributed by atoms with Crippen molar-refractivity contribution in [2.24, 2.45) is 0 Å². The van der Waals surface area contributed by atoms with Crippen molar-refractivity contribution >= 4 is 45.7 Å². The van der Waals surface area contributed by atoms with Crippen molar-refractivity contribution in [3.63, 3.8) is 0 Å². The van der Waals surface area contributed by atoms with Gasteiger partial charge in [0.2, 0.25) is 0 Å². The number of allylic oxidation sites excluding steroid dienone is 5. The summed E-state index contributed by atoms with van der Waals surface area (Å²) in [6, 6.07) is 13.4. The predicted molar refractivity (Wildman–Crippen MR) is 141 cm³/mol. The molecule has 1 aliphatic carbocycles. The Morgan fingerprint density at radius 2 is 1.81 bits per heavy atom. The van der Waals surface area contributed by atoms with Crippen LogP contribution in [0, 0.1) is 6.92 Å². The Morgan fingerprint density at radius 1 is 1.00 bits per heavy atom. The molecule has 32 heavy (non-hydrogen) atoms. The van der Waals surface area contributed by atoms with Gasteiger partial charge in [0.15, 0.2) is 0 Å². The molecule has 0 radical (unpaired) electrons. The van der Waals surface area contributed by atoms with Gasteiger partial charge in [-0.1, -0.05) is 67.8 Å². The largest absolute Gasteiger partial charge is 0.355 e. The lowest BCUT2D eigenvalue weighted by Gasteiger charge is -2.13. The van der Waals surface area contributed by atoms with Crippen molar-refractivity contribution < 1.29 is 0 Å². The van der Waals surface area contributed by atoms with Crippen LogP contribution >= 0.6 is 0 Å². The molecule has 2 heterocycles. The molecular weight excluding hydrogens is 388 g/mol. The van der Waals surface area contributed by atoms with Gasteiger partial charge >= 0.3 is 0 Å². The molecule has 2 nitrogen and oxygen atoms in total. The molecule has 0 unspecified atom stereocenters. The third-order valence-electron chi connectivity index (χ3n) is 6.47. The lowest BCUT2D eigenvalue weighted by Crippen LogP contribution is -2.21. The van der Waals surface area contributed by atoms with E-state index in [-0.39, 0.29) is 0 Å². The molecule has 2 aromatic heterocycles. The maximum atomic E-state index is 4.11. The average molecular weight is 417 g/mol. The monoisotopic (exact) mass is 416 g/mol. The average Bonchev–Trinajstić information content (AvgIpc) is 3.32. The number of hydrogen-bond acceptors (Lipinski definition) is 0. The molecule has 0 bridgehead atoms. The minimum atomic E-state index is 1.09. The topological polar surface area (TPSA) is 20.7 Å². The fourth-order valence-corrected chi connectivity index (χ4v) is 4.92. The smallest absolute Gasteiger partial charge is 0.0537 e. The zero-order valence-electron chi connectivity index (χ0n) is 18.8. The first kappa shape index (κ1) is 20.1. The summed E-state index contributed by atoms with van der Waals surface area (Å²) in [7, 11) is 0. The Kier molecular flexibility index (Phi) is 5.07. The number of hydrogen-bond donors (Lipinski definition) is 1. The first-order valence-electron chi connectivity index (χ1n) is 11.2. The summed E-state index contributed by atoms with van der Waals surface area (Å²) in [5.74, 6) is 0. The second kappa shape index (κ2) is 8.05. The number of nitrogens with one attached hydrogen (secondary N) is 1. The van der Waals surface area contributed by atoms with Gasteiger partial charge in [-0.2, -0.15) is 0 Å². The van der Waals surface area contributed by atoms with Crippen molar-refractivity contribution in [1.82, 2.24) is 9.55 Å². The predicted octanol–water partition coefficient (Wildman–Crippen LogP) is 6.70. The van der Waals surface area contributed by atoms with Crippen molar-refractivity contribution in [3.05, 3.63) is 95.7 Å². The van der Waals surface area contributed by atoms with Gasteiger partial charge in [-0.25, -0.2) is 0 Å². The maximum Gasteiger partial charge on any atom is 0.0537 e. The van der Waals surface area contributed by atoms with Crippen LogP contribution in [0.4, 0.5) is 0 Å². The number of nitrogens with zero attached hydrogens (tertiary/aromatic N) is 1. The second-order valence-electron chi connectivity index (χ2n) is 8.28. The highest BCUT2D eigenvalue weighted by Gasteiger charge is 2.15. The fraction of sp³-hybridized carbons (Fsp3) is 0.133. The third-order valence-corrected chi connectivity index (χ3v) is 6.47. The lowest BCUT2D eigenvalue weighted by atomic mass is 10.0. The Bertz CT molecular complexity index is 1560. The van der Waals surface area contributed by atoms with Gasteiger partial charge in [-0.15, -0.1) is 0 Å². The van der Waals surface area contributed by atoms with Crippen molar-refractivity contribution in [1.29, 1.82) is 0 Å². The van der Waals surface area contributed by atoms with E-state index in [0.29, 0.717) is 0 Å². The molecular formula is C30H28N2. The molecule has 158 valence electrons. The van der Waals surface area contributed by atoms with Crippen molar-refractivity contribution in [2.45, 2.75) is 26.7 Å². The molecule has 1 N–H and O–H groups in total.